The fourth-order valence-electron chi connectivity index (χ4n) is 4.10. The standard InChI is InChI=1S/C24H16BN2.CH4O.2Y/c1-3-7-21-17(5-1)19-13-15(9-11-23(19)26-21)25-16-10-12-24-20(14-16)18-6-2-4-8-22(18)27-24;1-2;;/h1-14,26-27H;2H,1H3;;. The Morgan fingerprint density at radius 3 is 1.35 bits per heavy atom. The van der Waals surface area contributed by atoms with Crippen LogP contribution in [0.2, 0.25) is 0 Å². The molecule has 3 radical (unpaired) electrons. The number of aromatic nitrogens is 2. The number of rotatable bonds is 2. The first-order valence-corrected chi connectivity index (χ1v) is 9.66. The van der Waals surface area contributed by atoms with Crippen molar-refractivity contribution >= 4 is 61.8 Å². The number of nitrogens with one attached hydrogen (secondary N) is 2. The summed E-state index contributed by atoms with van der Waals surface area (Å²) in [5, 5.41) is 12.1. The summed E-state index contributed by atoms with van der Waals surface area (Å²) in [6.07, 6.45) is 0. The monoisotopic (exact) mass is 553 g/mol. The van der Waals surface area contributed by atoms with Gasteiger partial charge in [-0.05, 0) is 24.3 Å². The van der Waals surface area contributed by atoms with Crippen LogP contribution in [0.1, 0.15) is 0 Å². The minimum atomic E-state index is 0. The van der Waals surface area contributed by atoms with Gasteiger partial charge in [0.15, 0.2) is 7.28 Å². The number of H-pyrrole nitrogens is 2. The van der Waals surface area contributed by atoms with E-state index < -0.39 is 0 Å². The summed E-state index contributed by atoms with van der Waals surface area (Å²) in [6, 6.07) is 30.2. The van der Waals surface area contributed by atoms with Gasteiger partial charge in [-0.25, -0.2) is 0 Å². The van der Waals surface area contributed by atoms with Crippen LogP contribution in [-0.4, -0.2) is 29.5 Å². The van der Waals surface area contributed by atoms with E-state index in [1.54, 1.807) is 0 Å². The van der Waals surface area contributed by atoms with Gasteiger partial charge in [0.25, 0.3) is 0 Å². The minimum absolute atomic E-state index is 0. The molecule has 2 aromatic heterocycles. The molecule has 6 heteroatoms. The molecule has 3 N–H and O–H groups in total. The fraction of sp³-hybridized carbons (Fsp3) is 0.0400. The predicted octanol–water partition coefficient (Wildman–Crippen LogP) is 4.21. The van der Waals surface area contributed by atoms with Crippen LogP contribution < -0.4 is 10.9 Å². The Bertz CT molecular complexity index is 1360. The summed E-state index contributed by atoms with van der Waals surface area (Å²) in [4.78, 5) is 6.98. The average molecular weight is 553 g/mol. The third-order valence-corrected chi connectivity index (χ3v) is 5.39. The number of hydrogen-bond donors (Lipinski definition) is 3. The van der Waals surface area contributed by atoms with Crippen LogP contribution in [0.4, 0.5) is 0 Å². The molecular weight excluding hydrogens is 533 g/mol. The Hall–Kier alpha value is -1.29. The van der Waals surface area contributed by atoms with Crippen LogP contribution in [0.3, 0.4) is 0 Å². The van der Waals surface area contributed by atoms with Gasteiger partial charge in [-0.1, -0.05) is 71.6 Å². The third-order valence-electron chi connectivity index (χ3n) is 5.39. The molecule has 0 aliphatic rings. The molecule has 0 aliphatic carbocycles. The molecule has 0 saturated carbocycles. The molecule has 0 fully saturated rings. The number of hydrogen-bond acceptors (Lipinski definition) is 1. The first-order valence-electron chi connectivity index (χ1n) is 9.66. The number of para-hydroxylation sites is 2. The van der Waals surface area contributed by atoms with E-state index in [4.69, 9.17) is 5.11 Å². The van der Waals surface area contributed by atoms with E-state index in [1.165, 1.54) is 54.5 Å². The van der Waals surface area contributed by atoms with Crippen LogP contribution in [0.25, 0.3) is 43.6 Å². The van der Waals surface area contributed by atoms with Gasteiger partial charge >= 0.3 is 0 Å². The van der Waals surface area contributed by atoms with E-state index in [1.807, 2.05) is 0 Å². The largest absolute Gasteiger partial charge is 0.400 e. The number of aliphatic hydroxyl groups is 1. The van der Waals surface area contributed by atoms with E-state index in [0.29, 0.717) is 0 Å². The molecule has 2 heterocycles. The fourth-order valence-corrected chi connectivity index (χ4v) is 4.10. The van der Waals surface area contributed by atoms with Crippen molar-refractivity contribution in [2.45, 2.75) is 0 Å². The zero-order valence-corrected chi connectivity index (χ0v) is 22.9. The first kappa shape index (κ1) is 24.4. The average Bonchev–Trinajstić information content (AvgIpc) is 3.33. The normalized spacial score (nSPS) is 10.4. The molecule has 3 nitrogen and oxygen atoms in total. The summed E-state index contributed by atoms with van der Waals surface area (Å²) in [5.41, 5.74) is 7.16. The Kier molecular flexibility index (Phi) is 8.29. The van der Waals surface area contributed by atoms with E-state index in [9.17, 15) is 0 Å². The second-order valence-corrected chi connectivity index (χ2v) is 7.10. The summed E-state index contributed by atoms with van der Waals surface area (Å²) < 4.78 is 0. The van der Waals surface area contributed by atoms with Crippen LogP contribution in [0, 0.1) is 0 Å². The Balaban J connectivity index is 0.000000663. The smallest absolute Gasteiger partial charge is 0.191 e. The van der Waals surface area contributed by atoms with Crippen molar-refractivity contribution in [1.82, 2.24) is 9.97 Å². The SMILES string of the molecule is CO.[B](c1ccc2[nH]c3ccccc3c2c1)c1ccc2[nH]c3ccccc3c2c1.[Y].[Y]. The van der Waals surface area contributed by atoms with E-state index in [0.717, 1.165) is 7.11 Å². The van der Waals surface area contributed by atoms with Crippen LogP contribution in [0.5, 0.6) is 0 Å². The van der Waals surface area contributed by atoms with E-state index in [2.05, 4.69) is 102 Å². The van der Waals surface area contributed by atoms with E-state index in [-0.39, 0.29) is 65.4 Å². The Labute approximate surface area is 232 Å². The maximum absolute atomic E-state index is 7.00. The van der Waals surface area contributed by atoms with Crippen molar-refractivity contribution in [3.63, 3.8) is 0 Å². The van der Waals surface area contributed by atoms with Gasteiger partial charge in [0.1, 0.15) is 0 Å². The zero-order chi connectivity index (χ0) is 19.8. The van der Waals surface area contributed by atoms with Crippen molar-refractivity contribution in [1.29, 1.82) is 0 Å². The predicted molar refractivity (Wildman–Crippen MR) is 125 cm³/mol. The van der Waals surface area contributed by atoms with Gasteiger partial charge in [-0.2, -0.15) is 0 Å². The summed E-state index contributed by atoms with van der Waals surface area (Å²) in [6.45, 7) is 0. The van der Waals surface area contributed by atoms with E-state index >= 15 is 0 Å². The molecular formula is C25H20BN2OY2. The summed E-state index contributed by atoms with van der Waals surface area (Å²) in [7, 11) is 3.25. The summed E-state index contributed by atoms with van der Waals surface area (Å²) in [5.74, 6) is 0. The van der Waals surface area contributed by atoms with Crippen molar-refractivity contribution in [2.24, 2.45) is 0 Å². The van der Waals surface area contributed by atoms with Gasteiger partial charge in [0, 0.05) is 116 Å². The summed E-state index contributed by atoms with van der Waals surface area (Å²) >= 11 is 0. The quantitative estimate of drug-likeness (QED) is 0.277. The number of fused-ring (bicyclic) bond motifs is 6. The van der Waals surface area contributed by atoms with Gasteiger partial charge in [0.05, 0.1) is 0 Å². The van der Waals surface area contributed by atoms with Crippen LogP contribution in [-0.2, 0) is 65.4 Å². The first-order chi connectivity index (χ1) is 14.3. The zero-order valence-electron chi connectivity index (χ0n) is 17.3. The van der Waals surface area contributed by atoms with Crippen molar-refractivity contribution in [3.05, 3.63) is 84.9 Å². The van der Waals surface area contributed by atoms with Crippen molar-refractivity contribution in [3.8, 4) is 0 Å². The molecule has 0 amide bonds. The molecule has 0 atom stereocenters. The molecule has 0 spiro atoms. The Morgan fingerprint density at radius 1 is 0.516 bits per heavy atom. The second kappa shape index (κ2) is 10.6. The molecule has 145 valence electrons. The molecule has 31 heavy (non-hydrogen) atoms. The third kappa shape index (κ3) is 4.60. The van der Waals surface area contributed by atoms with Gasteiger partial charge in [-0.15, -0.1) is 0 Å². The molecule has 0 bridgehead atoms. The topological polar surface area (TPSA) is 51.8 Å². The van der Waals surface area contributed by atoms with Gasteiger partial charge < -0.3 is 15.1 Å². The molecule has 6 aromatic rings. The minimum Gasteiger partial charge on any atom is -0.400 e. The van der Waals surface area contributed by atoms with Gasteiger partial charge in [-0.3, -0.25) is 0 Å². The molecule has 4 aromatic carbocycles. The number of aliphatic hydroxyl groups excluding tert-OH is 1. The van der Waals surface area contributed by atoms with Crippen molar-refractivity contribution < 1.29 is 70.5 Å². The van der Waals surface area contributed by atoms with Crippen molar-refractivity contribution in [2.75, 3.05) is 7.11 Å². The molecule has 0 saturated heterocycles. The Morgan fingerprint density at radius 2 is 0.903 bits per heavy atom. The second-order valence-electron chi connectivity index (χ2n) is 7.10. The number of aromatic amines is 2. The van der Waals surface area contributed by atoms with Crippen LogP contribution in [0.15, 0.2) is 84.9 Å². The maximum atomic E-state index is 7.00. The molecule has 0 unspecified atom stereocenters. The molecule has 0 aliphatic heterocycles. The van der Waals surface area contributed by atoms with Crippen LogP contribution >= 0.6 is 0 Å². The molecule has 6 rings (SSSR count). The maximum Gasteiger partial charge on any atom is 0.191 e. The van der Waals surface area contributed by atoms with Gasteiger partial charge in [0.2, 0.25) is 0 Å². The number of benzene rings is 4.